The molecule has 1 amide bonds. The second kappa shape index (κ2) is 7.82. The molecule has 0 atom stereocenters. The number of aryl methyl sites for hydroxylation is 2. The van der Waals surface area contributed by atoms with E-state index in [-0.39, 0.29) is 12.5 Å². The van der Waals surface area contributed by atoms with Crippen LogP contribution in [0.5, 0.6) is 0 Å². The minimum Gasteiger partial charge on any atom is -0.325 e. The Labute approximate surface area is 147 Å². The molecule has 5 heteroatoms. The number of hydrogen-bond acceptors (Lipinski definition) is 2. The fourth-order valence-electron chi connectivity index (χ4n) is 2.39. The molecule has 1 N–H and O–H groups in total. The van der Waals surface area contributed by atoms with Gasteiger partial charge in [-0.05, 0) is 50.2 Å². The first kappa shape index (κ1) is 17.8. The van der Waals surface area contributed by atoms with Crippen molar-refractivity contribution in [1.29, 1.82) is 0 Å². The first-order chi connectivity index (χ1) is 10.8. The third kappa shape index (κ3) is 5.24. The topological polar surface area (TPSA) is 32.3 Å². The number of hydrogen-bond donors (Lipinski definition) is 1. The molecule has 2 aromatic rings. The Balaban J connectivity index is 1.94. The Morgan fingerprint density at radius 1 is 1.13 bits per heavy atom. The molecule has 0 spiro atoms. The van der Waals surface area contributed by atoms with Gasteiger partial charge in [0, 0.05) is 22.3 Å². The second-order valence-corrected chi connectivity index (χ2v) is 6.62. The summed E-state index contributed by atoms with van der Waals surface area (Å²) in [6, 6.07) is 11.4. The van der Waals surface area contributed by atoms with E-state index >= 15 is 0 Å². The maximum atomic E-state index is 12.2. The summed E-state index contributed by atoms with van der Waals surface area (Å²) in [5, 5.41) is 4.16. The molecule has 0 aliphatic rings. The van der Waals surface area contributed by atoms with Crippen molar-refractivity contribution in [3.05, 3.63) is 63.1 Å². The van der Waals surface area contributed by atoms with Crippen molar-refractivity contribution in [2.24, 2.45) is 0 Å². The first-order valence-electron chi connectivity index (χ1n) is 7.34. The highest BCUT2D eigenvalue weighted by molar-refractivity contribution is 6.35. The quantitative estimate of drug-likeness (QED) is 0.848. The van der Waals surface area contributed by atoms with Crippen LogP contribution in [0.25, 0.3) is 0 Å². The van der Waals surface area contributed by atoms with Crippen LogP contribution in [0.4, 0.5) is 5.69 Å². The van der Waals surface area contributed by atoms with Gasteiger partial charge < -0.3 is 5.32 Å². The van der Waals surface area contributed by atoms with Crippen LogP contribution in [-0.2, 0) is 11.3 Å². The zero-order valence-electron chi connectivity index (χ0n) is 13.5. The normalized spacial score (nSPS) is 10.9. The number of rotatable bonds is 5. The molecule has 0 heterocycles. The maximum Gasteiger partial charge on any atom is 0.238 e. The number of benzene rings is 2. The van der Waals surface area contributed by atoms with Gasteiger partial charge in [-0.15, -0.1) is 0 Å². The molecule has 2 aromatic carbocycles. The number of nitrogens with zero attached hydrogens (tertiary/aromatic N) is 1. The Bertz CT molecular complexity index is 716. The molecule has 0 aromatic heterocycles. The second-order valence-electron chi connectivity index (χ2n) is 5.77. The van der Waals surface area contributed by atoms with Crippen LogP contribution in [0.2, 0.25) is 10.0 Å². The van der Waals surface area contributed by atoms with Gasteiger partial charge in [0.1, 0.15) is 0 Å². The zero-order valence-corrected chi connectivity index (χ0v) is 15.0. The molecule has 0 saturated carbocycles. The van der Waals surface area contributed by atoms with Gasteiger partial charge in [-0.25, -0.2) is 0 Å². The average molecular weight is 351 g/mol. The van der Waals surface area contributed by atoms with Crippen LogP contribution in [0.15, 0.2) is 36.4 Å². The van der Waals surface area contributed by atoms with Gasteiger partial charge in [-0.2, -0.15) is 0 Å². The standard InChI is InChI=1S/C18H20Cl2N2O/c1-12-4-7-17(13(2)8-12)21-18(23)11-22(3)10-14-5-6-15(19)9-16(14)20/h4-9H,10-11H2,1-3H3,(H,21,23). The van der Waals surface area contributed by atoms with Crippen molar-refractivity contribution in [2.45, 2.75) is 20.4 Å². The van der Waals surface area contributed by atoms with Crippen molar-refractivity contribution in [2.75, 3.05) is 18.9 Å². The summed E-state index contributed by atoms with van der Waals surface area (Å²) in [4.78, 5) is 14.1. The third-order valence-corrected chi connectivity index (χ3v) is 4.11. The number of carbonyl (C=O) groups excluding carboxylic acids is 1. The number of amides is 1. The number of nitrogens with one attached hydrogen (secondary N) is 1. The van der Waals surface area contributed by atoms with Gasteiger partial charge in [0.2, 0.25) is 5.91 Å². The van der Waals surface area contributed by atoms with E-state index in [1.54, 1.807) is 12.1 Å². The molecule has 0 bridgehead atoms. The molecular formula is C18H20Cl2N2O. The molecule has 0 fully saturated rings. The summed E-state index contributed by atoms with van der Waals surface area (Å²) in [7, 11) is 1.88. The molecule has 23 heavy (non-hydrogen) atoms. The molecular weight excluding hydrogens is 331 g/mol. The summed E-state index contributed by atoms with van der Waals surface area (Å²) in [5.41, 5.74) is 4.02. The van der Waals surface area contributed by atoms with Crippen LogP contribution in [0, 0.1) is 13.8 Å². The fraction of sp³-hybridized carbons (Fsp3) is 0.278. The van der Waals surface area contributed by atoms with Crippen molar-refractivity contribution in [3.8, 4) is 0 Å². The lowest BCUT2D eigenvalue weighted by atomic mass is 10.1. The molecule has 0 aliphatic carbocycles. The Morgan fingerprint density at radius 3 is 2.52 bits per heavy atom. The van der Waals surface area contributed by atoms with Gasteiger partial charge in [0.05, 0.1) is 6.54 Å². The first-order valence-corrected chi connectivity index (χ1v) is 8.10. The number of carbonyl (C=O) groups is 1. The molecule has 0 radical (unpaired) electrons. The van der Waals surface area contributed by atoms with E-state index < -0.39 is 0 Å². The highest BCUT2D eigenvalue weighted by Crippen LogP contribution is 2.22. The zero-order chi connectivity index (χ0) is 17.0. The molecule has 0 saturated heterocycles. The number of anilines is 1. The average Bonchev–Trinajstić information content (AvgIpc) is 2.45. The van der Waals surface area contributed by atoms with Crippen LogP contribution >= 0.6 is 23.2 Å². The minimum absolute atomic E-state index is 0.0514. The van der Waals surface area contributed by atoms with Crippen LogP contribution in [-0.4, -0.2) is 24.4 Å². The predicted octanol–water partition coefficient (Wildman–Crippen LogP) is 4.68. The van der Waals surface area contributed by atoms with Crippen LogP contribution < -0.4 is 5.32 Å². The van der Waals surface area contributed by atoms with Gasteiger partial charge in [0.25, 0.3) is 0 Å². The summed E-state index contributed by atoms with van der Waals surface area (Å²) >= 11 is 12.1. The summed E-state index contributed by atoms with van der Waals surface area (Å²) in [6.07, 6.45) is 0. The van der Waals surface area contributed by atoms with Gasteiger partial charge in [-0.1, -0.05) is 47.0 Å². The minimum atomic E-state index is -0.0514. The van der Waals surface area contributed by atoms with Crippen molar-refractivity contribution in [1.82, 2.24) is 4.90 Å². The Morgan fingerprint density at radius 2 is 1.87 bits per heavy atom. The summed E-state index contributed by atoms with van der Waals surface area (Å²) < 4.78 is 0. The lowest BCUT2D eigenvalue weighted by Crippen LogP contribution is -2.30. The molecule has 122 valence electrons. The molecule has 0 unspecified atom stereocenters. The monoisotopic (exact) mass is 350 g/mol. The van der Waals surface area contributed by atoms with E-state index in [2.05, 4.69) is 5.32 Å². The van der Waals surface area contributed by atoms with E-state index in [1.807, 2.05) is 50.1 Å². The molecule has 2 rings (SSSR count). The van der Waals surface area contributed by atoms with Crippen LogP contribution in [0.1, 0.15) is 16.7 Å². The highest BCUT2D eigenvalue weighted by atomic mass is 35.5. The van der Waals surface area contributed by atoms with E-state index in [4.69, 9.17) is 23.2 Å². The maximum absolute atomic E-state index is 12.2. The van der Waals surface area contributed by atoms with Crippen molar-refractivity contribution >= 4 is 34.8 Å². The largest absolute Gasteiger partial charge is 0.325 e. The van der Waals surface area contributed by atoms with E-state index in [0.717, 1.165) is 16.8 Å². The number of likely N-dealkylation sites (N-methyl/N-ethyl adjacent to an activating group) is 1. The fourth-order valence-corrected chi connectivity index (χ4v) is 2.85. The Hall–Kier alpha value is -1.55. The SMILES string of the molecule is Cc1ccc(NC(=O)CN(C)Cc2ccc(Cl)cc2Cl)c(C)c1. The van der Waals surface area contributed by atoms with Crippen molar-refractivity contribution < 1.29 is 4.79 Å². The predicted molar refractivity (Wildman–Crippen MR) is 97.3 cm³/mol. The van der Waals surface area contributed by atoms with Gasteiger partial charge in [-0.3, -0.25) is 9.69 Å². The van der Waals surface area contributed by atoms with Crippen LogP contribution in [0.3, 0.4) is 0 Å². The van der Waals surface area contributed by atoms with Crippen molar-refractivity contribution in [3.63, 3.8) is 0 Å². The van der Waals surface area contributed by atoms with E-state index in [9.17, 15) is 4.79 Å². The summed E-state index contributed by atoms with van der Waals surface area (Å²) in [5.74, 6) is -0.0514. The third-order valence-electron chi connectivity index (χ3n) is 3.52. The lowest BCUT2D eigenvalue weighted by molar-refractivity contribution is -0.117. The Kier molecular flexibility index (Phi) is 6.05. The summed E-state index contributed by atoms with van der Waals surface area (Å²) in [6.45, 7) is 4.88. The van der Waals surface area contributed by atoms with Gasteiger partial charge >= 0.3 is 0 Å². The smallest absolute Gasteiger partial charge is 0.238 e. The molecule has 0 aliphatic heterocycles. The van der Waals surface area contributed by atoms with Gasteiger partial charge in [0.15, 0.2) is 0 Å². The number of halogens is 2. The van der Waals surface area contributed by atoms with E-state index in [0.29, 0.717) is 16.6 Å². The van der Waals surface area contributed by atoms with E-state index in [1.165, 1.54) is 5.56 Å². The molecule has 3 nitrogen and oxygen atoms in total. The lowest BCUT2D eigenvalue weighted by Gasteiger charge is -2.18. The highest BCUT2D eigenvalue weighted by Gasteiger charge is 2.10.